The van der Waals surface area contributed by atoms with Crippen molar-refractivity contribution in [2.24, 2.45) is 5.16 Å². The second-order valence-electron chi connectivity index (χ2n) is 5.18. The van der Waals surface area contributed by atoms with Crippen molar-refractivity contribution in [2.75, 3.05) is 0 Å². The molecule has 2 nitrogen and oxygen atoms in total. The zero-order valence-electron chi connectivity index (χ0n) is 13.2. The maximum absolute atomic E-state index is 5.51. The van der Waals surface area contributed by atoms with E-state index in [1.54, 1.807) is 0 Å². The van der Waals surface area contributed by atoms with Gasteiger partial charge in [0.15, 0.2) is 5.71 Å². The summed E-state index contributed by atoms with van der Waals surface area (Å²) in [5, 5.41) is 4.25. The van der Waals surface area contributed by atoms with Gasteiger partial charge in [-0.1, -0.05) is 89.9 Å². The molecule has 0 saturated carbocycles. The highest BCUT2D eigenvalue weighted by molar-refractivity contribution is 6.12. The van der Waals surface area contributed by atoms with E-state index >= 15 is 0 Å². The Balaban J connectivity index is 1.80. The van der Waals surface area contributed by atoms with Crippen LogP contribution in [0.15, 0.2) is 96.2 Å². The van der Waals surface area contributed by atoms with Gasteiger partial charge in [0.05, 0.1) is 0 Å². The quantitative estimate of drug-likeness (QED) is 0.390. The third-order valence-electron chi connectivity index (χ3n) is 3.38. The van der Waals surface area contributed by atoms with Crippen molar-refractivity contribution in [1.29, 1.82) is 0 Å². The van der Waals surface area contributed by atoms with Crippen molar-refractivity contribution in [1.82, 2.24) is 0 Å². The number of hydrogen-bond acceptors (Lipinski definition) is 2. The van der Waals surface area contributed by atoms with Crippen molar-refractivity contribution >= 4 is 5.71 Å². The fourth-order valence-electron chi connectivity index (χ4n) is 2.14. The van der Waals surface area contributed by atoms with E-state index in [-0.39, 0.29) is 0 Å². The molecule has 3 rings (SSSR count). The number of hydrogen-bond donors (Lipinski definition) is 0. The van der Waals surface area contributed by atoms with Gasteiger partial charge in [0, 0.05) is 11.1 Å². The summed E-state index contributed by atoms with van der Waals surface area (Å²) in [7, 11) is 0. The highest BCUT2D eigenvalue weighted by Gasteiger charge is 2.00. The molecule has 0 atom stereocenters. The fraction of sp³-hybridized carbons (Fsp3) is 0.0455. The zero-order chi connectivity index (χ0) is 16.5. The van der Waals surface area contributed by atoms with Crippen LogP contribution in [0.25, 0.3) is 0 Å². The summed E-state index contributed by atoms with van der Waals surface area (Å²) in [6.07, 6.45) is 0. The topological polar surface area (TPSA) is 21.6 Å². The van der Waals surface area contributed by atoms with Crippen LogP contribution in [0.4, 0.5) is 0 Å². The SMILES string of the molecule is C(#Cc1ccccc1)/C(=N\OCc1ccccc1)c1ccccc1. The van der Waals surface area contributed by atoms with Gasteiger partial charge in [-0.25, -0.2) is 0 Å². The van der Waals surface area contributed by atoms with Gasteiger partial charge in [-0.05, 0) is 23.6 Å². The van der Waals surface area contributed by atoms with E-state index in [4.69, 9.17) is 4.84 Å². The molecule has 0 aliphatic heterocycles. The van der Waals surface area contributed by atoms with Gasteiger partial charge in [0.25, 0.3) is 0 Å². The van der Waals surface area contributed by atoms with Crippen LogP contribution in [0.3, 0.4) is 0 Å². The minimum absolute atomic E-state index is 0.421. The van der Waals surface area contributed by atoms with Crippen LogP contribution in [0, 0.1) is 11.8 Å². The van der Waals surface area contributed by atoms with E-state index in [9.17, 15) is 0 Å². The Morgan fingerprint density at radius 1 is 0.750 bits per heavy atom. The third-order valence-corrected chi connectivity index (χ3v) is 3.38. The molecular weight excluding hydrogens is 294 g/mol. The second-order valence-corrected chi connectivity index (χ2v) is 5.18. The average Bonchev–Trinajstić information content (AvgIpc) is 2.67. The molecule has 0 aromatic heterocycles. The molecule has 0 unspecified atom stereocenters. The van der Waals surface area contributed by atoms with Crippen molar-refractivity contribution < 1.29 is 4.84 Å². The van der Waals surface area contributed by atoms with Crippen molar-refractivity contribution in [3.05, 3.63) is 108 Å². The summed E-state index contributed by atoms with van der Waals surface area (Å²) in [4.78, 5) is 5.51. The molecule has 2 heteroatoms. The minimum atomic E-state index is 0.421. The number of benzene rings is 3. The van der Waals surface area contributed by atoms with Crippen LogP contribution in [0.5, 0.6) is 0 Å². The normalized spacial score (nSPS) is 10.6. The molecule has 0 bridgehead atoms. The first-order valence-electron chi connectivity index (χ1n) is 7.78. The van der Waals surface area contributed by atoms with Gasteiger partial charge in [-0.15, -0.1) is 0 Å². The lowest BCUT2D eigenvalue weighted by Crippen LogP contribution is -1.99. The van der Waals surface area contributed by atoms with Crippen LogP contribution in [0.2, 0.25) is 0 Å². The van der Waals surface area contributed by atoms with E-state index in [0.717, 1.165) is 16.7 Å². The molecule has 3 aromatic carbocycles. The first-order chi connectivity index (χ1) is 11.9. The predicted molar refractivity (Wildman–Crippen MR) is 97.5 cm³/mol. The third kappa shape index (κ3) is 4.59. The van der Waals surface area contributed by atoms with Crippen molar-refractivity contribution in [3.63, 3.8) is 0 Å². The summed E-state index contributed by atoms with van der Waals surface area (Å²) >= 11 is 0. The Morgan fingerprint density at radius 2 is 1.33 bits per heavy atom. The van der Waals surface area contributed by atoms with Crippen LogP contribution in [-0.2, 0) is 11.4 Å². The van der Waals surface area contributed by atoms with E-state index in [1.165, 1.54) is 0 Å². The Kier molecular flexibility index (Phi) is 5.42. The Hall–Kier alpha value is -3.31. The molecule has 24 heavy (non-hydrogen) atoms. The first kappa shape index (κ1) is 15.6. The molecule has 0 heterocycles. The summed E-state index contributed by atoms with van der Waals surface area (Å²) in [5.74, 6) is 6.24. The monoisotopic (exact) mass is 311 g/mol. The summed E-state index contributed by atoms with van der Waals surface area (Å²) in [6, 6.07) is 29.7. The zero-order valence-corrected chi connectivity index (χ0v) is 13.2. The Morgan fingerprint density at radius 3 is 2.00 bits per heavy atom. The second kappa shape index (κ2) is 8.36. The lowest BCUT2D eigenvalue weighted by atomic mass is 10.1. The summed E-state index contributed by atoms with van der Waals surface area (Å²) in [6.45, 7) is 0.421. The predicted octanol–water partition coefficient (Wildman–Crippen LogP) is 4.66. The standard InChI is InChI=1S/C22H17NO/c1-4-10-19(11-5-1)16-17-22(21-14-8-3-9-15-21)23-24-18-20-12-6-2-7-13-20/h1-15H,18H2/b23-22+. The lowest BCUT2D eigenvalue weighted by Gasteiger charge is -2.02. The van der Waals surface area contributed by atoms with Gasteiger partial charge in [0.2, 0.25) is 0 Å². The van der Waals surface area contributed by atoms with Crippen LogP contribution >= 0.6 is 0 Å². The summed E-state index contributed by atoms with van der Waals surface area (Å²) < 4.78 is 0. The average molecular weight is 311 g/mol. The van der Waals surface area contributed by atoms with Crippen LogP contribution < -0.4 is 0 Å². The molecule has 3 aromatic rings. The van der Waals surface area contributed by atoms with Crippen molar-refractivity contribution in [3.8, 4) is 11.8 Å². The molecule has 0 N–H and O–H groups in total. The van der Waals surface area contributed by atoms with Gasteiger partial charge in [-0.3, -0.25) is 0 Å². The first-order valence-corrected chi connectivity index (χ1v) is 7.78. The fourth-order valence-corrected chi connectivity index (χ4v) is 2.14. The Bertz CT molecular complexity index is 844. The number of rotatable bonds is 4. The number of oxime groups is 1. The van der Waals surface area contributed by atoms with Crippen molar-refractivity contribution in [2.45, 2.75) is 6.61 Å². The molecule has 0 amide bonds. The van der Waals surface area contributed by atoms with E-state index in [1.807, 2.05) is 91.0 Å². The van der Waals surface area contributed by atoms with Crippen LogP contribution in [-0.4, -0.2) is 5.71 Å². The maximum atomic E-state index is 5.51. The van der Waals surface area contributed by atoms with Gasteiger partial charge >= 0.3 is 0 Å². The minimum Gasteiger partial charge on any atom is -0.390 e. The van der Waals surface area contributed by atoms with E-state index in [0.29, 0.717) is 12.3 Å². The molecule has 116 valence electrons. The molecular formula is C22H17NO. The lowest BCUT2D eigenvalue weighted by molar-refractivity contribution is 0.131. The molecule has 0 spiro atoms. The highest BCUT2D eigenvalue weighted by Crippen LogP contribution is 2.05. The number of nitrogens with zero attached hydrogens (tertiary/aromatic N) is 1. The van der Waals surface area contributed by atoms with Gasteiger partial charge < -0.3 is 4.84 Å². The molecule has 0 radical (unpaired) electrons. The smallest absolute Gasteiger partial charge is 0.160 e. The Labute approximate surface area is 142 Å². The highest BCUT2D eigenvalue weighted by atomic mass is 16.6. The molecule has 0 aliphatic carbocycles. The summed E-state index contributed by atoms with van der Waals surface area (Å²) in [5.41, 5.74) is 3.58. The van der Waals surface area contributed by atoms with E-state index in [2.05, 4.69) is 17.0 Å². The van der Waals surface area contributed by atoms with Crippen LogP contribution in [0.1, 0.15) is 16.7 Å². The molecule has 0 saturated heterocycles. The van der Waals surface area contributed by atoms with Gasteiger partial charge in [-0.2, -0.15) is 0 Å². The van der Waals surface area contributed by atoms with Gasteiger partial charge in [0.1, 0.15) is 6.61 Å². The molecule has 0 aliphatic rings. The largest absolute Gasteiger partial charge is 0.390 e. The maximum Gasteiger partial charge on any atom is 0.160 e. The molecule has 0 fully saturated rings. The van der Waals surface area contributed by atoms with E-state index < -0.39 is 0 Å².